The standard InChI is InChI=1S/C18H20N2O2/c1-20-10-16-8-14(3-5-18(16)22-12-20)6-13-2-4-17-15(7-13)9-19-11-21-17/h2-5,7-8,19H,6,9-12H2,1H3. The van der Waals surface area contributed by atoms with Gasteiger partial charge in [-0.2, -0.15) is 0 Å². The first-order chi connectivity index (χ1) is 10.8. The molecule has 2 aromatic rings. The maximum absolute atomic E-state index is 5.72. The summed E-state index contributed by atoms with van der Waals surface area (Å²) >= 11 is 0. The first-order valence-corrected chi connectivity index (χ1v) is 7.66. The van der Waals surface area contributed by atoms with Crippen molar-refractivity contribution in [3.63, 3.8) is 0 Å². The van der Waals surface area contributed by atoms with Gasteiger partial charge in [0.1, 0.15) is 25.0 Å². The molecule has 114 valence electrons. The molecule has 1 N–H and O–H groups in total. The Bertz CT molecular complexity index is 699. The van der Waals surface area contributed by atoms with Gasteiger partial charge in [-0.05, 0) is 36.7 Å². The summed E-state index contributed by atoms with van der Waals surface area (Å²) in [5.74, 6) is 2.02. The maximum atomic E-state index is 5.72. The average Bonchev–Trinajstić information content (AvgIpc) is 2.54. The van der Waals surface area contributed by atoms with Crippen molar-refractivity contribution in [2.75, 3.05) is 20.5 Å². The van der Waals surface area contributed by atoms with Crippen LogP contribution in [0.3, 0.4) is 0 Å². The van der Waals surface area contributed by atoms with Crippen LogP contribution in [-0.4, -0.2) is 25.4 Å². The van der Waals surface area contributed by atoms with E-state index in [2.05, 4.69) is 53.7 Å². The lowest BCUT2D eigenvalue weighted by Crippen LogP contribution is -2.28. The van der Waals surface area contributed by atoms with Gasteiger partial charge >= 0.3 is 0 Å². The zero-order valence-electron chi connectivity index (χ0n) is 12.8. The molecule has 2 aliphatic heterocycles. The van der Waals surface area contributed by atoms with Crippen molar-refractivity contribution in [1.29, 1.82) is 0 Å². The van der Waals surface area contributed by atoms with Crippen molar-refractivity contribution in [3.8, 4) is 11.5 Å². The van der Waals surface area contributed by atoms with Crippen LogP contribution in [0.2, 0.25) is 0 Å². The number of fused-ring (bicyclic) bond motifs is 2. The Morgan fingerprint density at radius 3 is 2.55 bits per heavy atom. The minimum absolute atomic E-state index is 0.602. The molecular weight excluding hydrogens is 276 g/mol. The molecule has 0 radical (unpaired) electrons. The van der Waals surface area contributed by atoms with Gasteiger partial charge in [-0.25, -0.2) is 0 Å². The van der Waals surface area contributed by atoms with Gasteiger partial charge in [0.05, 0.1) is 0 Å². The van der Waals surface area contributed by atoms with Crippen LogP contribution in [0.15, 0.2) is 36.4 Å². The van der Waals surface area contributed by atoms with Gasteiger partial charge in [-0.3, -0.25) is 10.2 Å². The third-order valence-corrected chi connectivity index (χ3v) is 4.18. The van der Waals surface area contributed by atoms with Crippen molar-refractivity contribution in [2.24, 2.45) is 0 Å². The van der Waals surface area contributed by atoms with Gasteiger partial charge in [-0.1, -0.05) is 24.3 Å². The van der Waals surface area contributed by atoms with Crippen molar-refractivity contribution in [1.82, 2.24) is 10.2 Å². The van der Waals surface area contributed by atoms with Gasteiger partial charge < -0.3 is 9.47 Å². The molecule has 4 heteroatoms. The Labute approximate surface area is 130 Å². The topological polar surface area (TPSA) is 33.7 Å². The molecule has 0 fully saturated rings. The van der Waals surface area contributed by atoms with Gasteiger partial charge in [-0.15, -0.1) is 0 Å². The molecule has 0 atom stereocenters. The molecule has 4 nitrogen and oxygen atoms in total. The summed E-state index contributed by atoms with van der Waals surface area (Å²) in [6, 6.07) is 13.0. The summed E-state index contributed by atoms with van der Waals surface area (Å²) in [6.07, 6.45) is 0.935. The third kappa shape index (κ3) is 2.67. The number of rotatable bonds is 2. The fraction of sp³-hybridized carbons (Fsp3) is 0.333. The highest BCUT2D eigenvalue weighted by molar-refractivity contribution is 5.43. The lowest BCUT2D eigenvalue weighted by Gasteiger charge is -2.26. The SMILES string of the molecule is CN1COc2ccc(Cc3ccc4c(c3)CNCO4)cc2C1. The summed E-state index contributed by atoms with van der Waals surface area (Å²) in [5, 5.41) is 3.23. The molecule has 0 unspecified atom stereocenters. The smallest absolute Gasteiger partial charge is 0.142 e. The number of nitrogens with zero attached hydrogens (tertiary/aromatic N) is 1. The number of benzene rings is 2. The van der Waals surface area contributed by atoms with E-state index >= 15 is 0 Å². The molecule has 22 heavy (non-hydrogen) atoms. The van der Waals surface area contributed by atoms with E-state index in [9.17, 15) is 0 Å². The van der Waals surface area contributed by atoms with Gasteiger partial charge in [0, 0.05) is 24.2 Å². The highest BCUT2D eigenvalue weighted by atomic mass is 16.5. The lowest BCUT2D eigenvalue weighted by molar-refractivity contribution is 0.121. The minimum atomic E-state index is 0.602. The van der Waals surface area contributed by atoms with Gasteiger partial charge in [0.2, 0.25) is 0 Å². The van der Waals surface area contributed by atoms with Crippen LogP contribution in [0.5, 0.6) is 11.5 Å². The van der Waals surface area contributed by atoms with Crippen molar-refractivity contribution in [2.45, 2.75) is 19.5 Å². The minimum Gasteiger partial charge on any atom is -0.478 e. The molecule has 2 heterocycles. The summed E-state index contributed by atoms with van der Waals surface area (Å²) in [5.41, 5.74) is 5.15. The van der Waals surface area contributed by atoms with E-state index < -0.39 is 0 Å². The van der Waals surface area contributed by atoms with Crippen LogP contribution in [-0.2, 0) is 19.5 Å². The molecule has 2 aromatic carbocycles. The van der Waals surface area contributed by atoms with Crippen molar-refractivity contribution in [3.05, 3.63) is 58.7 Å². The molecule has 0 amide bonds. The Morgan fingerprint density at radius 1 is 1.00 bits per heavy atom. The predicted octanol–water partition coefficient (Wildman–Crippen LogP) is 2.50. The fourth-order valence-corrected chi connectivity index (χ4v) is 3.10. The molecule has 2 aliphatic rings. The van der Waals surface area contributed by atoms with Gasteiger partial charge in [0.25, 0.3) is 0 Å². The number of nitrogens with one attached hydrogen (secondary N) is 1. The second-order valence-electron chi connectivity index (χ2n) is 6.06. The lowest BCUT2D eigenvalue weighted by atomic mass is 9.99. The molecule has 0 bridgehead atoms. The second kappa shape index (κ2) is 5.63. The van der Waals surface area contributed by atoms with Gasteiger partial charge in [0.15, 0.2) is 0 Å². The van der Waals surface area contributed by atoms with E-state index in [1.54, 1.807) is 0 Å². The first kappa shape index (κ1) is 13.6. The van der Waals surface area contributed by atoms with E-state index in [1.807, 2.05) is 0 Å². The highest BCUT2D eigenvalue weighted by Crippen LogP contribution is 2.28. The molecule has 4 rings (SSSR count). The largest absolute Gasteiger partial charge is 0.478 e. The Kier molecular flexibility index (Phi) is 3.48. The van der Waals surface area contributed by atoms with Crippen LogP contribution >= 0.6 is 0 Å². The molecule has 0 saturated carbocycles. The zero-order valence-corrected chi connectivity index (χ0v) is 12.8. The predicted molar refractivity (Wildman–Crippen MR) is 85.0 cm³/mol. The second-order valence-corrected chi connectivity index (χ2v) is 6.06. The summed E-state index contributed by atoms with van der Waals surface area (Å²) in [6.45, 7) is 3.10. The normalized spacial score (nSPS) is 17.1. The summed E-state index contributed by atoms with van der Waals surface area (Å²) in [7, 11) is 2.08. The van der Waals surface area contributed by atoms with Crippen molar-refractivity contribution >= 4 is 0 Å². The maximum Gasteiger partial charge on any atom is 0.142 e. The zero-order chi connectivity index (χ0) is 14.9. The van der Waals surface area contributed by atoms with Crippen LogP contribution in [0, 0.1) is 0 Å². The van der Waals surface area contributed by atoms with Crippen LogP contribution in [0.4, 0.5) is 0 Å². The van der Waals surface area contributed by atoms with E-state index in [0.29, 0.717) is 13.5 Å². The Hall–Kier alpha value is -2.04. The quantitative estimate of drug-likeness (QED) is 0.923. The number of hydrogen-bond donors (Lipinski definition) is 1. The van der Waals surface area contributed by atoms with Crippen molar-refractivity contribution < 1.29 is 9.47 Å². The molecule has 0 aliphatic carbocycles. The summed E-state index contributed by atoms with van der Waals surface area (Å²) in [4.78, 5) is 2.17. The molecule has 0 spiro atoms. The van der Waals surface area contributed by atoms with E-state index in [-0.39, 0.29) is 0 Å². The number of hydrogen-bond acceptors (Lipinski definition) is 4. The Balaban J connectivity index is 1.57. The van der Waals surface area contributed by atoms with E-state index in [0.717, 1.165) is 31.0 Å². The highest BCUT2D eigenvalue weighted by Gasteiger charge is 2.15. The molecular formula is C18H20N2O2. The van der Waals surface area contributed by atoms with E-state index in [4.69, 9.17) is 9.47 Å². The molecule has 0 saturated heterocycles. The third-order valence-electron chi connectivity index (χ3n) is 4.18. The van der Waals surface area contributed by atoms with Crippen LogP contribution < -0.4 is 14.8 Å². The van der Waals surface area contributed by atoms with E-state index in [1.165, 1.54) is 22.3 Å². The fourth-order valence-electron chi connectivity index (χ4n) is 3.10. The first-order valence-electron chi connectivity index (χ1n) is 7.66. The van der Waals surface area contributed by atoms with Crippen LogP contribution in [0.25, 0.3) is 0 Å². The monoisotopic (exact) mass is 296 g/mol. The van der Waals surface area contributed by atoms with Crippen LogP contribution in [0.1, 0.15) is 22.3 Å². The average molecular weight is 296 g/mol. The molecule has 0 aromatic heterocycles. The number of ether oxygens (including phenoxy) is 2. The summed E-state index contributed by atoms with van der Waals surface area (Å²) < 4.78 is 11.3. The Morgan fingerprint density at radius 2 is 1.73 bits per heavy atom.